The Hall–Kier alpha value is -2.22. The summed E-state index contributed by atoms with van der Waals surface area (Å²) in [7, 11) is 1.84. The van der Waals surface area contributed by atoms with Crippen LogP contribution in [0.15, 0.2) is 18.2 Å². The predicted molar refractivity (Wildman–Crippen MR) is 72.4 cm³/mol. The lowest BCUT2D eigenvalue weighted by molar-refractivity contribution is 0.0956. The molecule has 0 bridgehead atoms. The molecule has 3 N–H and O–H groups in total. The Bertz CT molecular complexity index is 465. The normalized spacial score (nSPS) is 9.61. The van der Waals surface area contributed by atoms with Gasteiger partial charge in [0, 0.05) is 25.8 Å². The van der Waals surface area contributed by atoms with Crippen molar-refractivity contribution in [1.82, 2.24) is 5.32 Å². The van der Waals surface area contributed by atoms with Crippen LogP contribution in [-0.4, -0.2) is 26.0 Å². The largest absolute Gasteiger partial charge is 0.399 e. The molecule has 0 aromatic heterocycles. The van der Waals surface area contributed by atoms with Crippen molar-refractivity contribution in [2.45, 2.75) is 13.3 Å². The molecule has 5 heteroatoms. The van der Waals surface area contributed by atoms with Crippen molar-refractivity contribution >= 4 is 17.3 Å². The summed E-state index contributed by atoms with van der Waals surface area (Å²) >= 11 is 0. The number of nitriles is 1. The minimum atomic E-state index is -0.128. The Morgan fingerprint density at radius 1 is 1.56 bits per heavy atom. The van der Waals surface area contributed by atoms with Crippen molar-refractivity contribution < 1.29 is 4.79 Å². The molecular formula is C13H18N4O. The first kappa shape index (κ1) is 13.8. The summed E-state index contributed by atoms with van der Waals surface area (Å²) in [5.41, 5.74) is 7.67. The first-order valence-electron chi connectivity index (χ1n) is 5.86. The van der Waals surface area contributed by atoms with Crippen LogP contribution in [0.4, 0.5) is 11.4 Å². The number of nitrogen functional groups attached to an aromatic ring is 1. The highest BCUT2D eigenvalue weighted by Gasteiger charge is 2.13. The summed E-state index contributed by atoms with van der Waals surface area (Å²) < 4.78 is 0. The van der Waals surface area contributed by atoms with Crippen LogP contribution in [0.3, 0.4) is 0 Å². The molecule has 0 aliphatic carbocycles. The average Bonchev–Trinajstić information content (AvgIpc) is 2.36. The van der Waals surface area contributed by atoms with Gasteiger partial charge in [0.25, 0.3) is 5.91 Å². The number of hydrogen-bond acceptors (Lipinski definition) is 4. The van der Waals surface area contributed by atoms with Gasteiger partial charge in [-0.15, -0.1) is 0 Å². The average molecular weight is 246 g/mol. The van der Waals surface area contributed by atoms with Gasteiger partial charge in [-0.3, -0.25) is 4.79 Å². The van der Waals surface area contributed by atoms with E-state index in [2.05, 4.69) is 11.4 Å². The van der Waals surface area contributed by atoms with Crippen LogP contribution in [0.1, 0.15) is 23.7 Å². The van der Waals surface area contributed by atoms with E-state index in [0.717, 1.165) is 5.69 Å². The number of carbonyl (C=O) groups excluding carboxylic acids is 1. The van der Waals surface area contributed by atoms with Gasteiger partial charge in [-0.1, -0.05) is 0 Å². The molecule has 1 aromatic rings. The van der Waals surface area contributed by atoms with Gasteiger partial charge in [0.2, 0.25) is 0 Å². The Labute approximate surface area is 107 Å². The molecule has 0 saturated carbocycles. The van der Waals surface area contributed by atoms with E-state index in [-0.39, 0.29) is 5.91 Å². The zero-order valence-electron chi connectivity index (χ0n) is 10.7. The highest BCUT2D eigenvalue weighted by Crippen LogP contribution is 2.22. The number of nitrogens with one attached hydrogen (secondary N) is 1. The lowest BCUT2D eigenvalue weighted by Gasteiger charge is -2.21. The Morgan fingerprint density at radius 3 is 2.89 bits per heavy atom. The zero-order valence-corrected chi connectivity index (χ0v) is 10.7. The fraction of sp³-hybridized carbons (Fsp3) is 0.385. The van der Waals surface area contributed by atoms with Gasteiger partial charge < -0.3 is 16.0 Å². The number of benzene rings is 1. The van der Waals surface area contributed by atoms with E-state index in [0.29, 0.717) is 30.8 Å². The Kier molecular flexibility index (Phi) is 5.00. The van der Waals surface area contributed by atoms with E-state index in [1.54, 1.807) is 18.2 Å². The molecule has 1 rings (SSSR count). The summed E-state index contributed by atoms with van der Waals surface area (Å²) in [6.07, 6.45) is 0.403. The number of hydrogen-bond donors (Lipinski definition) is 2. The molecule has 0 aliphatic rings. The first-order valence-corrected chi connectivity index (χ1v) is 5.86. The van der Waals surface area contributed by atoms with Crippen molar-refractivity contribution in [3.8, 4) is 6.07 Å². The molecule has 0 aliphatic heterocycles. The van der Waals surface area contributed by atoms with Gasteiger partial charge in [0.15, 0.2) is 0 Å². The smallest absolute Gasteiger partial charge is 0.253 e. The summed E-state index contributed by atoms with van der Waals surface area (Å²) in [6, 6.07) is 7.24. The van der Waals surface area contributed by atoms with E-state index >= 15 is 0 Å². The maximum absolute atomic E-state index is 11.9. The number of nitrogens with zero attached hydrogens (tertiary/aromatic N) is 2. The molecule has 0 spiro atoms. The highest BCUT2D eigenvalue weighted by atomic mass is 16.1. The predicted octanol–water partition coefficient (Wildman–Crippen LogP) is 1.37. The summed E-state index contributed by atoms with van der Waals surface area (Å²) in [6.45, 7) is 3.01. The minimum absolute atomic E-state index is 0.128. The summed E-state index contributed by atoms with van der Waals surface area (Å²) in [5, 5.41) is 11.4. The van der Waals surface area contributed by atoms with E-state index in [1.807, 2.05) is 18.9 Å². The van der Waals surface area contributed by atoms with Gasteiger partial charge in [-0.25, -0.2) is 0 Å². The number of anilines is 2. The van der Waals surface area contributed by atoms with Crippen molar-refractivity contribution in [1.29, 1.82) is 5.26 Å². The van der Waals surface area contributed by atoms with E-state index < -0.39 is 0 Å². The van der Waals surface area contributed by atoms with Gasteiger partial charge >= 0.3 is 0 Å². The Morgan fingerprint density at radius 2 is 2.28 bits per heavy atom. The third-order valence-corrected chi connectivity index (χ3v) is 2.57. The molecule has 1 amide bonds. The molecule has 0 fully saturated rings. The highest BCUT2D eigenvalue weighted by molar-refractivity contribution is 6.00. The Balaban J connectivity index is 3.03. The third kappa shape index (κ3) is 3.39. The lowest BCUT2D eigenvalue weighted by Crippen LogP contribution is -2.27. The minimum Gasteiger partial charge on any atom is -0.399 e. The molecule has 0 atom stereocenters. The second kappa shape index (κ2) is 6.50. The summed E-state index contributed by atoms with van der Waals surface area (Å²) in [5.74, 6) is -0.128. The van der Waals surface area contributed by atoms with E-state index in [1.165, 1.54) is 0 Å². The fourth-order valence-corrected chi connectivity index (χ4v) is 1.65. The van der Waals surface area contributed by atoms with E-state index in [9.17, 15) is 4.79 Å². The number of carbonyl (C=O) groups is 1. The van der Waals surface area contributed by atoms with Gasteiger partial charge in [0.1, 0.15) is 0 Å². The molecule has 18 heavy (non-hydrogen) atoms. The van der Waals surface area contributed by atoms with Gasteiger partial charge in [-0.2, -0.15) is 5.26 Å². The molecule has 1 aromatic carbocycles. The van der Waals surface area contributed by atoms with Crippen LogP contribution >= 0.6 is 0 Å². The van der Waals surface area contributed by atoms with Crippen LogP contribution in [0, 0.1) is 11.3 Å². The van der Waals surface area contributed by atoms with Crippen LogP contribution in [0.2, 0.25) is 0 Å². The SMILES string of the molecule is CCNC(=O)c1ccc(N)cc1N(C)CCC#N. The van der Waals surface area contributed by atoms with Crippen molar-refractivity contribution in [3.05, 3.63) is 23.8 Å². The molecule has 0 radical (unpaired) electrons. The third-order valence-electron chi connectivity index (χ3n) is 2.57. The number of amides is 1. The van der Waals surface area contributed by atoms with Crippen LogP contribution in [-0.2, 0) is 0 Å². The topological polar surface area (TPSA) is 82.2 Å². The lowest BCUT2D eigenvalue weighted by atomic mass is 10.1. The number of nitrogens with two attached hydrogens (primary N) is 1. The monoisotopic (exact) mass is 246 g/mol. The molecule has 0 saturated heterocycles. The van der Waals surface area contributed by atoms with Crippen molar-refractivity contribution in [2.24, 2.45) is 0 Å². The second-order valence-corrected chi connectivity index (χ2v) is 3.97. The van der Waals surface area contributed by atoms with E-state index in [4.69, 9.17) is 11.0 Å². The van der Waals surface area contributed by atoms with Gasteiger partial charge in [0.05, 0.1) is 23.7 Å². The summed E-state index contributed by atoms with van der Waals surface area (Å²) in [4.78, 5) is 13.8. The van der Waals surface area contributed by atoms with Crippen LogP contribution < -0.4 is 16.0 Å². The molecule has 0 unspecified atom stereocenters. The maximum atomic E-state index is 11.9. The number of rotatable bonds is 5. The zero-order chi connectivity index (χ0) is 13.5. The van der Waals surface area contributed by atoms with Crippen LogP contribution in [0.5, 0.6) is 0 Å². The molecule has 5 nitrogen and oxygen atoms in total. The van der Waals surface area contributed by atoms with Gasteiger partial charge in [-0.05, 0) is 25.1 Å². The van der Waals surface area contributed by atoms with Crippen LogP contribution in [0.25, 0.3) is 0 Å². The van der Waals surface area contributed by atoms with Crippen molar-refractivity contribution in [2.75, 3.05) is 30.8 Å². The maximum Gasteiger partial charge on any atom is 0.253 e. The second-order valence-electron chi connectivity index (χ2n) is 3.97. The first-order chi connectivity index (χ1) is 8.60. The van der Waals surface area contributed by atoms with Crippen molar-refractivity contribution in [3.63, 3.8) is 0 Å². The molecular weight excluding hydrogens is 228 g/mol. The quantitative estimate of drug-likeness (QED) is 0.769. The molecule has 0 heterocycles. The molecule has 96 valence electrons. The fourth-order valence-electron chi connectivity index (χ4n) is 1.65. The standard InChI is InChI=1S/C13H18N4O/c1-3-16-13(18)11-6-5-10(15)9-12(11)17(2)8-4-7-14/h5-6,9H,3-4,8,15H2,1-2H3,(H,16,18).